The summed E-state index contributed by atoms with van der Waals surface area (Å²) in [5.74, 6) is 5.68. The Hall–Kier alpha value is -2.54. The molecule has 0 saturated carbocycles. The summed E-state index contributed by atoms with van der Waals surface area (Å²) < 4.78 is 7.36. The van der Waals surface area contributed by atoms with Crippen LogP contribution in [0.3, 0.4) is 0 Å². The van der Waals surface area contributed by atoms with Crippen molar-refractivity contribution < 1.29 is 19.7 Å². The molecule has 27 heavy (non-hydrogen) atoms. The van der Waals surface area contributed by atoms with Crippen molar-refractivity contribution in [2.45, 2.75) is 50.7 Å². The van der Waals surface area contributed by atoms with Crippen molar-refractivity contribution in [3.05, 3.63) is 6.33 Å². The van der Waals surface area contributed by atoms with Crippen molar-refractivity contribution in [2.75, 3.05) is 17.3 Å². The molecule has 1 aliphatic rings. The molecule has 148 valence electrons. The van der Waals surface area contributed by atoms with Crippen molar-refractivity contribution in [1.82, 2.24) is 19.5 Å². The van der Waals surface area contributed by atoms with Gasteiger partial charge in [-0.3, -0.25) is 14.8 Å². The highest BCUT2D eigenvalue weighted by Gasteiger charge is 2.44. The van der Waals surface area contributed by atoms with Crippen LogP contribution in [-0.2, 0) is 9.53 Å². The highest BCUT2D eigenvalue weighted by molar-refractivity contribution is 5.84. The lowest BCUT2D eigenvalue weighted by atomic mass is 10.0. The number of fused-ring (bicyclic) bond motifs is 1. The van der Waals surface area contributed by atoms with E-state index in [9.17, 15) is 15.0 Å². The molecule has 0 aliphatic carbocycles. The molecular weight excluding hydrogens is 356 g/mol. The number of aliphatic hydroxyl groups excluding tert-OH is 2. The van der Waals surface area contributed by atoms with E-state index < -0.39 is 30.4 Å². The number of nitrogens with zero attached hydrogens (tertiary/aromatic N) is 4. The third kappa shape index (κ3) is 3.78. The Morgan fingerprint density at radius 2 is 2.15 bits per heavy atom. The molecule has 2 aromatic rings. The van der Waals surface area contributed by atoms with Crippen LogP contribution in [0.5, 0.6) is 0 Å². The third-order valence-electron chi connectivity index (χ3n) is 4.42. The molecular formula is C15H24N8O4. The largest absolute Gasteiger partial charge is 0.388 e. The van der Waals surface area contributed by atoms with Crippen LogP contribution < -0.4 is 22.3 Å². The SMILES string of the molecule is CCNc1nc(NN)nc2c1ncn2[C@@H]1O[C@H](CCCC(N)=O)C(O)C1O. The van der Waals surface area contributed by atoms with Gasteiger partial charge in [-0.15, -0.1) is 0 Å². The number of carbonyl (C=O) groups excluding carboxylic acids is 1. The van der Waals surface area contributed by atoms with Gasteiger partial charge in [0.2, 0.25) is 11.9 Å². The molecule has 4 atom stereocenters. The molecule has 2 unspecified atom stereocenters. The van der Waals surface area contributed by atoms with Crippen LogP contribution in [0, 0.1) is 0 Å². The quantitative estimate of drug-likeness (QED) is 0.240. The van der Waals surface area contributed by atoms with Crippen LogP contribution in [0.1, 0.15) is 32.4 Å². The molecule has 12 heteroatoms. The van der Waals surface area contributed by atoms with Crippen molar-refractivity contribution in [3.8, 4) is 0 Å². The second-order valence-corrected chi connectivity index (χ2v) is 6.30. The van der Waals surface area contributed by atoms with Gasteiger partial charge in [-0.1, -0.05) is 0 Å². The lowest BCUT2D eigenvalue weighted by molar-refractivity contribution is -0.118. The Bertz CT molecular complexity index is 812. The van der Waals surface area contributed by atoms with Gasteiger partial charge >= 0.3 is 0 Å². The first kappa shape index (κ1) is 19.2. The number of imidazole rings is 1. The van der Waals surface area contributed by atoms with Crippen LogP contribution in [0.15, 0.2) is 6.33 Å². The summed E-state index contributed by atoms with van der Waals surface area (Å²) in [6.45, 7) is 2.53. The van der Waals surface area contributed by atoms with Crippen LogP contribution >= 0.6 is 0 Å². The van der Waals surface area contributed by atoms with Crippen molar-refractivity contribution >= 4 is 28.8 Å². The van der Waals surface area contributed by atoms with Crippen LogP contribution in [0.25, 0.3) is 11.2 Å². The summed E-state index contributed by atoms with van der Waals surface area (Å²) in [4.78, 5) is 23.7. The van der Waals surface area contributed by atoms with Crippen molar-refractivity contribution in [2.24, 2.45) is 11.6 Å². The number of rotatable bonds is 8. The first-order chi connectivity index (χ1) is 13.0. The number of ether oxygens (including phenoxy) is 1. The summed E-state index contributed by atoms with van der Waals surface area (Å²) in [5, 5.41) is 23.8. The normalized spacial score (nSPS) is 25.0. The number of aromatic nitrogens is 4. The molecule has 0 bridgehead atoms. The summed E-state index contributed by atoms with van der Waals surface area (Å²) in [7, 11) is 0. The molecule has 1 fully saturated rings. The van der Waals surface area contributed by atoms with Crippen LogP contribution in [-0.4, -0.2) is 60.5 Å². The first-order valence-electron chi connectivity index (χ1n) is 8.71. The lowest BCUT2D eigenvalue weighted by Crippen LogP contribution is -2.31. The molecule has 3 heterocycles. The number of hydrogen-bond acceptors (Lipinski definition) is 10. The van der Waals surface area contributed by atoms with Gasteiger partial charge in [0.05, 0.1) is 12.4 Å². The Morgan fingerprint density at radius 1 is 1.37 bits per heavy atom. The maximum Gasteiger partial charge on any atom is 0.241 e. The summed E-state index contributed by atoms with van der Waals surface area (Å²) in [6, 6.07) is 0. The number of hydrogen-bond donors (Lipinski definition) is 6. The highest BCUT2D eigenvalue weighted by Crippen LogP contribution is 2.34. The number of anilines is 2. The average molecular weight is 380 g/mol. The topological polar surface area (TPSA) is 186 Å². The second kappa shape index (κ2) is 8.00. The van der Waals surface area contributed by atoms with E-state index in [1.807, 2.05) is 6.92 Å². The third-order valence-corrected chi connectivity index (χ3v) is 4.42. The maximum atomic E-state index is 10.9. The van der Waals surface area contributed by atoms with Gasteiger partial charge in [-0.05, 0) is 19.8 Å². The van der Waals surface area contributed by atoms with E-state index in [-0.39, 0.29) is 12.4 Å². The Morgan fingerprint density at radius 3 is 2.81 bits per heavy atom. The fourth-order valence-corrected chi connectivity index (χ4v) is 3.13. The summed E-state index contributed by atoms with van der Waals surface area (Å²) >= 11 is 0. The highest BCUT2D eigenvalue weighted by atomic mass is 16.6. The molecule has 2 aromatic heterocycles. The van der Waals surface area contributed by atoms with Gasteiger partial charge in [0.15, 0.2) is 23.2 Å². The molecule has 0 radical (unpaired) electrons. The molecule has 0 spiro atoms. The number of nitrogens with two attached hydrogens (primary N) is 2. The number of aliphatic hydroxyl groups is 2. The molecule has 0 aromatic carbocycles. The lowest BCUT2D eigenvalue weighted by Gasteiger charge is -2.17. The van der Waals surface area contributed by atoms with E-state index in [1.165, 1.54) is 10.9 Å². The van der Waals surface area contributed by atoms with E-state index in [2.05, 4.69) is 25.7 Å². The molecule has 3 rings (SSSR count). The average Bonchev–Trinajstić information content (AvgIpc) is 3.18. The van der Waals surface area contributed by atoms with Crippen LogP contribution in [0.2, 0.25) is 0 Å². The Kier molecular flexibility index (Phi) is 5.70. The molecule has 12 nitrogen and oxygen atoms in total. The maximum absolute atomic E-state index is 10.9. The van der Waals surface area contributed by atoms with E-state index in [0.29, 0.717) is 36.4 Å². The minimum absolute atomic E-state index is 0.172. The Labute approximate surface area is 154 Å². The number of hydrazine groups is 1. The fourth-order valence-electron chi connectivity index (χ4n) is 3.13. The summed E-state index contributed by atoms with van der Waals surface area (Å²) in [6.07, 6.45) is -1.33. The summed E-state index contributed by atoms with van der Waals surface area (Å²) in [5.41, 5.74) is 8.40. The number of primary amides is 1. The standard InChI is InChI=1S/C15H24N8O4/c1-2-18-12-9-13(21-15(20-12)22-17)23(6-19-9)14-11(26)10(25)7(27-14)4-3-5-8(16)24/h6-7,10-11,14,25-26H,2-5,17H2,1H3,(H2,16,24)(H2,18,20,21,22)/t7-,10?,11?,14-/m1/s1. The smallest absolute Gasteiger partial charge is 0.241 e. The van der Waals surface area contributed by atoms with Crippen molar-refractivity contribution in [1.29, 1.82) is 0 Å². The zero-order valence-corrected chi connectivity index (χ0v) is 14.9. The minimum Gasteiger partial charge on any atom is -0.388 e. The van der Waals surface area contributed by atoms with Gasteiger partial charge < -0.3 is 26.0 Å². The zero-order chi connectivity index (χ0) is 19.6. The molecule has 1 amide bonds. The number of nitrogens with one attached hydrogen (secondary N) is 2. The van der Waals surface area contributed by atoms with Gasteiger partial charge in [-0.25, -0.2) is 10.8 Å². The van der Waals surface area contributed by atoms with Gasteiger partial charge in [-0.2, -0.15) is 9.97 Å². The zero-order valence-electron chi connectivity index (χ0n) is 14.9. The first-order valence-corrected chi connectivity index (χ1v) is 8.71. The minimum atomic E-state index is -1.19. The van der Waals surface area contributed by atoms with E-state index in [1.54, 1.807) is 0 Å². The number of carbonyl (C=O) groups is 1. The molecule has 1 saturated heterocycles. The molecule has 1 aliphatic heterocycles. The predicted molar refractivity (Wildman–Crippen MR) is 96.3 cm³/mol. The fraction of sp³-hybridized carbons (Fsp3) is 0.600. The molecule has 8 N–H and O–H groups in total. The second-order valence-electron chi connectivity index (χ2n) is 6.30. The monoisotopic (exact) mass is 380 g/mol. The van der Waals surface area contributed by atoms with E-state index in [4.69, 9.17) is 16.3 Å². The van der Waals surface area contributed by atoms with Crippen molar-refractivity contribution in [3.63, 3.8) is 0 Å². The van der Waals surface area contributed by atoms with Gasteiger partial charge in [0, 0.05) is 13.0 Å². The predicted octanol–water partition coefficient (Wildman–Crippen LogP) is -1.18. The van der Waals surface area contributed by atoms with Gasteiger partial charge in [0.1, 0.15) is 12.2 Å². The van der Waals surface area contributed by atoms with Gasteiger partial charge in [0.25, 0.3) is 0 Å². The van der Waals surface area contributed by atoms with E-state index in [0.717, 1.165) is 0 Å². The number of amides is 1. The van der Waals surface area contributed by atoms with Crippen LogP contribution in [0.4, 0.5) is 11.8 Å². The van der Waals surface area contributed by atoms with E-state index >= 15 is 0 Å². The Balaban J connectivity index is 1.88. The number of nitrogen functional groups attached to an aromatic ring is 1.